The number of imide groups is 2. The number of nitrogens with zero attached hydrogens (tertiary/aromatic N) is 2. The van der Waals surface area contributed by atoms with Gasteiger partial charge in [-0.25, -0.2) is 0 Å². The minimum absolute atomic E-state index is 0.350. The van der Waals surface area contributed by atoms with E-state index in [9.17, 15) is 76.7 Å². The zero-order valence-electron chi connectivity index (χ0n) is 76.7. The highest BCUT2D eigenvalue weighted by Crippen LogP contribution is 2.46. The number of hydrogen-bond acceptors (Lipinski definition) is 49. The van der Waals surface area contributed by atoms with Crippen molar-refractivity contribution in [3.63, 3.8) is 0 Å². The zero-order valence-corrected chi connectivity index (χ0v) is 79.0. The smallest absolute Gasteiger partial charge is 0.303 e. The summed E-state index contributed by atoms with van der Waals surface area (Å²) >= 11 is 18.8. The first-order chi connectivity index (χ1) is 65.3. The molecule has 4 amide bonds. The summed E-state index contributed by atoms with van der Waals surface area (Å²) in [6.07, 6.45) is -64.0. The maximum absolute atomic E-state index is 15.3. The van der Waals surface area contributed by atoms with Gasteiger partial charge in [0.2, 0.25) is 12.2 Å². The van der Waals surface area contributed by atoms with Crippen molar-refractivity contribution >= 4 is 160 Å². The highest BCUT2D eigenvalue weighted by Gasteiger charge is 2.66. The van der Waals surface area contributed by atoms with Crippen LogP contribution in [0.15, 0.2) is 48.5 Å². The lowest BCUT2D eigenvalue weighted by Crippen LogP contribution is -2.72. The second-order valence-corrected chi connectivity index (χ2v) is 34.1. The van der Waals surface area contributed by atoms with E-state index in [0.29, 0.717) is 9.80 Å². The van der Waals surface area contributed by atoms with Crippen molar-refractivity contribution in [2.75, 3.05) is 39.6 Å². The van der Waals surface area contributed by atoms with Gasteiger partial charge < -0.3 is 133 Å². The van der Waals surface area contributed by atoms with Crippen molar-refractivity contribution in [1.29, 1.82) is 5.41 Å². The van der Waals surface area contributed by atoms with Crippen LogP contribution in [0.4, 0.5) is 0 Å². The number of carbonyl (C=O) groups excluding carboxylic acids is 20. The SMILES string of the molecule is CC(=O)OC[C@H]1O[C@H](OC[C@H]2O[C@@H](O[C@H]3[C@H](OC(C)=O)[C@@H](N4C(=O)c5ccccc5C4=O)[C@H](OC(=N)C(Cl)(Cl)Cl)O[C@@H]3COC(C)=O)[C@@H](O[C@@H]3OC[C@@H](OC(C)=O)[C@H](OC(C)=O)[C@H]3OC(C)=O)[C@@H](O[C@H]3O[C@H](COC(C)=O)[C@@H](OC(C)=O)[C@H](OC(C)=O)[C@@H]3O[C@@H]3O[C@H](COC(C)=O)[C@@H](OC(C)=O)[C@H](OC(C)=O)[C@H]3N3C(=O)c4ccccc4C3=O)[C@@H]2OC(C)=O)[C@@H](OC(C)=O)[C@@H](OC(C)=O)[C@@H]1OC(C)=O. The Morgan fingerprint density at radius 3 is 0.921 bits per heavy atom. The van der Waals surface area contributed by atoms with Crippen LogP contribution in [0.5, 0.6) is 0 Å². The Morgan fingerprint density at radius 2 is 0.547 bits per heavy atom. The number of alkyl halides is 3. The Labute approximate surface area is 803 Å². The molecule has 51 nitrogen and oxygen atoms in total. The molecular formula is C85H98Cl3N3O48. The molecule has 0 bridgehead atoms. The van der Waals surface area contributed by atoms with Crippen molar-refractivity contribution in [3.05, 3.63) is 70.8 Å². The molecule has 10 rings (SSSR count). The molecule has 0 spiro atoms. The molecule has 54 heteroatoms. The van der Waals surface area contributed by atoms with Gasteiger partial charge in [-0.15, -0.1) is 0 Å². The van der Waals surface area contributed by atoms with E-state index in [-0.39, 0.29) is 22.3 Å². The van der Waals surface area contributed by atoms with E-state index in [1.54, 1.807) is 0 Å². The standard InChI is InChI=1S/C85H98Cl3N3O48/c1-31(92)112-25-52-59(119-36(6)97)65(124-41(11)102)57(90-74(108)47-21-17-18-22-48(47)75(90)109)78(130-52)137-72-68(127-44(14)105)62(121-38(8)99)55(28-115-34(4)95)133-83(72)136-69-63(122-39(9)100)56(30-116-80-71(129-46(16)107)67(126-43(13)104)61(120-37(7)98)54(132-80)27-114-33(3)94)134-82(73(69)138-81-70(128-45(15)106)64(123-40(10)101)51(29-117-81)118-35(5)96)135-60-53(26-113-32(2)93)131-79(139-84(89)85(86,87)88)58(66(60)125-42(12)103)91-76(110)49-23-19-20-24-50(49)77(91)111/h17-24,51-73,78-83,89H,25-30H2,1-16H3/t51-,52-,53-,54-,55-,56-,57-,58-,59-,60-,61-,62-,63-,64+,65-,66-,67+,68+,69+,70-,71+,72+,73+,78+,79+,80+,81+,82+,83-/m1/s1. The highest BCUT2D eigenvalue weighted by molar-refractivity contribution is 6.76. The number of halogens is 3. The first-order valence-electron chi connectivity index (χ1n) is 42.3. The third-order valence-corrected chi connectivity index (χ3v) is 21.7. The van der Waals surface area contributed by atoms with E-state index >= 15 is 19.2 Å². The molecule has 139 heavy (non-hydrogen) atoms. The average molecular weight is 2040 g/mol. The predicted molar refractivity (Wildman–Crippen MR) is 442 cm³/mol. The van der Waals surface area contributed by atoms with Crippen LogP contribution in [-0.2, 0) is 209 Å². The molecule has 0 radical (unpaired) electrons. The molecule has 8 aliphatic rings. The summed E-state index contributed by atoms with van der Waals surface area (Å²) in [5, 5.41) is 8.92. The maximum Gasteiger partial charge on any atom is 0.303 e. The lowest BCUT2D eigenvalue weighted by molar-refractivity contribution is -0.409. The first kappa shape index (κ1) is 109. The zero-order chi connectivity index (χ0) is 103. The molecular weight excluding hydrogens is 1940 g/mol. The summed E-state index contributed by atoms with van der Waals surface area (Å²) in [7, 11) is 0. The first-order valence-corrected chi connectivity index (χ1v) is 43.4. The fraction of sp³-hybridized carbons (Fsp3) is 0.612. The van der Waals surface area contributed by atoms with Crippen LogP contribution in [0.2, 0.25) is 0 Å². The monoisotopic (exact) mass is 2030 g/mol. The Hall–Kier alpha value is -11.9. The predicted octanol–water partition coefficient (Wildman–Crippen LogP) is 0.651. The number of amides is 4. The van der Waals surface area contributed by atoms with Crippen LogP contribution in [0.3, 0.4) is 0 Å². The average Bonchev–Trinajstić information content (AvgIpc) is 1.69. The van der Waals surface area contributed by atoms with Crippen LogP contribution < -0.4 is 0 Å². The lowest BCUT2D eigenvalue weighted by Gasteiger charge is -2.53. The number of nitrogens with one attached hydrogen (secondary N) is 1. The highest BCUT2D eigenvalue weighted by atomic mass is 35.6. The second-order valence-electron chi connectivity index (χ2n) is 31.8. The molecule has 8 heterocycles. The van der Waals surface area contributed by atoms with Crippen LogP contribution in [-0.4, -0.2) is 356 Å². The van der Waals surface area contributed by atoms with Gasteiger partial charge >= 0.3 is 95.5 Å². The molecule has 0 unspecified atom stereocenters. The van der Waals surface area contributed by atoms with Crippen molar-refractivity contribution in [2.24, 2.45) is 0 Å². The van der Waals surface area contributed by atoms with E-state index < -0.39 is 346 Å². The van der Waals surface area contributed by atoms with Gasteiger partial charge in [-0.3, -0.25) is 111 Å². The second kappa shape index (κ2) is 47.4. The molecule has 2 aromatic rings. The van der Waals surface area contributed by atoms with E-state index in [1.807, 2.05) is 0 Å². The number of fused-ring (bicyclic) bond motifs is 2. The van der Waals surface area contributed by atoms with Crippen LogP contribution in [0.25, 0.3) is 0 Å². The minimum atomic E-state index is -2.89. The van der Waals surface area contributed by atoms with Crippen LogP contribution in [0, 0.1) is 5.41 Å². The molecule has 1 N–H and O–H groups in total. The molecule has 762 valence electrons. The fourth-order valence-electron chi connectivity index (χ4n) is 16.3. The normalized spacial score (nSPS) is 31.4. The number of hydrogen-bond donors (Lipinski definition) is 1. The molecule has 0 saturated carbocycles. The molecule has 2 aromatic carbocycles. The molecule has 29 atom stereocenters. The number of esters is 16. The number of benzene rings is 2. The van der Waals surface area contributed by atoms with Crippen LogP contribution in [0.1, 0.15) is 152 Å². The maximum atomic E-state index is 15.3. The summed E-state index contributed by atoms with van der Waals surface area (Å²) in [4.78, 5) is 279. The third-order valence-electron chi connectivity index (χ3n) is 21.2. The largest absolute Gasteiger partial charge is 0.463 e. The van der Waals surface area contributed by atoms with Gasteiger partial charge in [0.15, 0.2) is 111 Å². The molecule has 0 aliphatic carbocycles. The van der Waals surface area contributed by atoms with E-state index in [4.69, 9.17) is 173 Å². The fourth-order valence-corrected chi connectivity index (χ4v) is 16.5. The van der Waals surface area contributed by atoms with Crippen molar-refractivity contribution < 1.29 is 229 Å². The molecule has 6 fully saturated rings. The number of carbonyl (C=O) groups is 20. The van der Waals surface area contributed by atoms with E-state index in [1.165, 1.54) is 48.5 Å². The topological polar surface area (TPSA) is 630 Å². The van der Waals surface area contributed by atoms with Gasteiger partial charge in [-0.05, 0) is 24.3 Å². The van der Waals surface area contributed by atoms with Crippen LogP contribution >= 0.6 is 34.8 Å². The van der Waals surface area contributed by atoms with Crippen molar-refractivity contribution in [3.8, 4) is 0 Å². The lowest BCUT2D eigenvalue weighted by atomic mass is 9.93. The molecule has 8 aliphatic heterocycles. The van der Waals surface area contributed by atoms with Gasteiger partial charge in [0, 0.05) is 111 Å². The summed E-state index contributed by atoms with van der Waals surface area (Å²) in [5.74, 6) is -25.7. The van der Waals surface area contributed by atoms with Gasteiger partial charge in [-0.2, -0.15) is 0 Å². The Morgan fingerprint density at radius 1 is 0.288 bits per heavy atom. The van der Waals surface area contributed by atoms with E-state index in [2.05, 4.69) is 0 Å². The Balaban J connectivity index is 1.33. The van der Waals surface area contributed by atoms with Gasteiger partial charge in [-0.1, -0.05) is 59.1 Å². The Kier molecular flexibility index (Phi) is 37.2. The quantitative estimate of drug-likeness (QED) is 0.0251. The number of rotatable bonds is 34. The van der Waals surface area contributed by atoms with E-state index in [0.717, 1.165) is 111 Å². The van der Waals surface area contributed by atoms with Gasteiger partial charge in [0.05, 0.1) is 35.5 Å². The number of ether oxygens (including phenoxy) is 28. The van der Waals surface area contributed by atoms with Gasteiger partial charge in [0.25, 0.3) is 27.4 Å². The van der Waals surface area contributed by atoms with Gasteiger partial charge in [0.1, 0.15) is 87.3 Å². The Bertz CT molecular complexity index is 4960. The minimum Gasteiger partial charge on any atom is -0.463 e. The summed E-state index contributed by atoms with van der Waals surface area (Å²) in [6, 6.07) is 5.25. The van der Waals surface area contributed by atoms with Crippen molar-refractivity contribution in [2.45, 2.75) is 293 Å². The third kappa shape index (κ3) is 27.4. The summed E-state index contributed by atoms with van der Waals surface area (Å²) in [6.45, 7) is 6.78. The molecule has 0 aromatic heterocycles. The van der Waals surface area contributed by atoms with Crippen molar-refractivity contribution in [1.82, 2.24) is 9.80 Å². The summed E-state index contributed by atoms with van der Waals surface area (Å²) < 4.78 is 170. The summed E-state index contributed by atoms with van der Waals surface area (Å²) in [5.41, 5.74) is -1.41. The molecule has 6 saturated heterocycles.